The highest BCUT2D eigenvalue weighted by molar-refractivity contribution is 5.89. The zero-order chi connectivity index (χ0) is 25.0. The minimum absolute atomic E-state index is 0.0134. The van der Waals surface area contributed by atoms with Gasteiger partial charge in [-0.25, -0.2) is 0 Å². The fourth-order valence-electron chi connectivity index (χ4n) is 4.45. The summed E-state index contributed by atoms with van der Waals surface area (Å²) in [6, 6.07) is 9.26. The number of aliphatic hydroxyl groups is 1. The van der Waals surface area contributed by atoms with Gasteiger partial charge in [0.05, 0.1) is 19.6 Å². The quantitative estimate of drug-likeness (QED) is 0.255. The fourth-order valence-corrected chi connectivity index (χ4v) is 4.45. The fraction of sp³-hybridized carbons (Fsp3) is 0.160. The van der Waals surface area contributed by atoms with E-state index in [9.17, 15) is 35.4 Å². The largest absolute Gasteiger partial charge is 0.508 e. The van der Waals surface area contributed by atoms with Gasteiger partial charge in [0.2, 0.25) is 11.2 Å². The predicted molar refractivity (Wildman–Crippen MR) is 122 cm³/mol. The number of hydrogen-bond donors (Lipinski definition) is 6. The molecule has 0 spiro atoms. The average molecular weight is 480 g/mol. The van der Waals surface area contributed by atoms with E-state index in [1.165, 1.54) is 31.4 Å². The van der Waals surface area contributed by atoms with E-state index >= 15 is 0 Å². The van der Waals surface area contributed by atoms with E-state index in [1.54, 1.807) is 6.07 Å². The molecule has 1 aliphatic heterocycles. The Morgan fingerprint density at radius 3 is 2.40 bits per heavy atom. The van der Waals surface area contributed by atoms with Gasteiger partial charge in [-0.1, -0.05) is 6.07 Å². The molecule has 1 aromatic heterocycles. The van der Waals surface area contributed by atoms with Gasteiger partial charge in [-0.15, -0.1) is 0 Å². The molecule has 2 atom stereocenters. The SMILES string of the molecule is COc1cc(C2Oc3c(O)ccc(-c4oc5cc(O)cc(O)c5c(=O)c4O)c3C2CO)ccc1O. The van der Waals surface area contributed by atoms with E-state index in [4.69, 9.17) is 13.9 Å². The average Bonchev–Trinajstić information content (AvgIpc) is 3.22. The van der Waals surface area contributed by atoms with Gasteiger partial charge in [0, 0.05) is 23.3 Å². The zero-order valence-corrected chi connectivity index (χ0v) is 18.2. The lowest BCUT2D eigenvalue weighted by Crippen LogP contribution is -2.14. The first kappa shape index (κ1) is 22.2. The van der Waals surface area contributed by atoms with Crippen LogP contribution in [-0.4, -0.2) is 44.4 Å². The van der Waals surface area contributed by atoms with E-state index in [0.29, 0.717) is 5.56 Å². The molecule has 180 valence electrons. The molecule has 0 radical (unpaired) electrons. The topological polar surface area (TPSA) is 170 Å². The highest BCUT2D eigenvalue weighted by Gasteiger charge is 2.40. The first-order chi connectivity index (χ1) is 16.7. The van der Waals surface area contributed by atoms with E-state index in [0.717, 1.165) is 12.1 Å². The number of rotatable bonds is 4. The van der Waals surface area contributed by atoms with Crippen molar-refractivity contribution >= 4 is 11.0 Å². The minimum Gasteiger partial charge on any atom is -0.508 e. The molecule has 0 saturated heterocycles. The van der Waals surface area contributed by atoms with E-state index in [2.05, 4.69) is 0 Å². The van der Waals surface area contributed by atoms with Gasteiger partial charge >= 0.3 is 0 Å². The number of hydrogen-bond acceptors (Lipinski definition) is 10. The van der Waals surface area contributed by atoms with Crippen molar-refractivity contribution in [3.8, 4) is 51.6 Å². The number of methoxy groups -OCH3 is 1. The molecule has 1 aliphatic rings. The summed E-state index contributed by atoms with van der Waals surface area (Å²) >= 11 is 0. The minimum atomic E-state index is -0.931. The van der Waals surface area contributed by atoms with Crippen molar-refractivity contribution in [3.63, 3.8) is 0 Å². The second kappa shape index (κ2) is 8.03. The predicted octanol–water partition coefficient (Wildman–Crippen LogP) is 3.21. The third-order valence-corrected chi connectivity index (χ3v) is 6.07. The van der Waals surface area contributed by atoms with Crippen LogP contribution in [0.15, 0.2) is 51.7 Å². The van der Waals surface area contributed by atoms with E-state index < -0.39 is 35.6 Å². The standard InChI is InChI=1S/C25H20O10/c1-33-17-6-10(2-4-14(17)28)23-13(9-26)19-12(3-5-15(29)25(19)35-23)24-22(32)21(31)20-16(30)7-11(27)8-18(20)34-24/h2-8,13,23,26-30,32H,9H2,1H3. The summed E-state index contributed by atoms with van der Waals surface area (Å²) in [4.78, 5) is 12.8. The van der Waals surface area contributed by atoms with Crippen molar-refractivity contribution in [2.45, 2.75) is 12.0 Å². The maximum Gasteiger partial charge on any atom is 0.238 e. The summed E-state index contributed by atoms with van der Waals surface area (Å²) in [5.74, 6) is -2.95. The van der Waals surface area contributed by atoms with Crippen LogP contribution in [0.1, 0.15) is 23.1 Å². The van der Waals surface area contributed by atoms with Crippen LogP contribution < -0.4 is 14.9 Å². The number of ether oxygens (including phenoxy) is 2. The molecule has 0 amide bonds. The Bertz CT molecular complexity index is 1540. The molecule has 2 unspecified atom stereocenters. The Balaban J connectivity index is 1.73. The van der Waals surface area contributed by atoms with Gasteiger partial charge < -0.3 is 44.5 Å². The molecule has 35 heavy (non-hydrogen) atoms. The number of phenolic OH excluding ortho intramolecular Hbond substituents is 4. The molecule has 5 rings (SSSR count). The Kier molecular flexibility index (Phi) is 5.10. The van der Waals surface area contributed by atoms with Gasteiger partial charge in [0.25, 0.3) is 0 Å². The number of benzene rings is 3. The lowest BCUT2D eigenvalue weighted by atomic mass is 9.87. The van der Waals surface area contributed by atoms with Gasteiger partial charge in [-0.05, 0) is 29.8 Å². The first-order valence-corrected chi connectivity index (χ1v) is 10.5. The number of aliphatic hydroxyl groups excluding tert-OH is 1. The Hall–Kier alpha value is -4.57. The summed E-state index contributed by atoms with van der Waals surface area (Å²) in [6.45, 7) is -0.447. The molecule has 0 saturated carbocycles. The monoisotopic (exact) mass is 480 g/mol. The van der Waals surface area contributed by atoms with Crippen LogP contribution in [-0.2, 0) is 0 Å². The molecule has 3 aromatic carbocycles. The molecular formula is C25H20O10. The maximum atomic E-state index is 12.8. The van der Waals surface area contributed by atoms with Crippen LogP contribution in [0.5, 0.6) is 40.2 Å². The van der Waals surface area contributed by atoms with E-state index in [1.807, 2.05) is 0 Å². The molecule has 10 heteroatoms. The zero-order valence-electron chi connectivity index (χ0n) is 18.2. The third kappa shape index (κ3) is 3.34. The molecule has 10 nitrogen and oxygen atoms in total. The molecule has 2 heterocycles. The normalized spacial score (nSPS) is 16.7. The van der Waals surface area contributed by atoms with Crippen molar-refractivity contribution < 1.29 is 44.5 Å². The van der Waals surface area contributed by atoms with Crippen molar-refractivity contribution in [3.05, 3.63) is 63.8 Å². The lowest BCUT2D eigenvalue weighted by molar-refractivity contribution is 0.157. The van der Waals surface area contributed by atoms with E-state index in [-0.39, 0.29) is 56.6 Å². The maximum absolute atomic E-state index is 12.8. The second-order valence-corrected chi connectivity index (χ2v) is 8.08. The van der Waals surface area contributed by atoms with Gasteiger partial charge in [0.15, 0.2) is 28.8 Å². The van der Waals surface area contributed by atoms with Crippen LogP contribution in [0, 0.1) is 0 Å². The van der Waals surface area contributed by atoms with Crippen LogP contribution in [0.3, 0.4) is 0 Å². The highest BCUT2D eigenvalue weighted by Crippen LogP contribution is 2.54. The first-order valence-electron chi connectivity index (χ1n) is 10.5. The number of fused-ring (bicyclic) bond motifs is 2. The van der Waals surface area contributed by atoms with Crippen molar-refractivity contribution in [2.24, 2.45) is 0 Å². The molecule has 6 N–H and O–H groups in total. The van der Waals surface area contributed by atoms with Crippen LogP contribution in [0.4, 0.5) is 0 Å². The molecular weight excluding hydrogens is 460 g/mol. The van der Waals surface area contributed by atoms with Crippen LogP contribution in [0.25, 0.3) is 22.3 Å². The van der Waals surface area contributed by atoms with Gasteiger partial charge in [0.1, 0.15) is 28.6 Å². The molecule has 0 aliphatic carbocycles. The molecule has 0 bridgehead atoms. The Morgan fingerprint density at radius 1 is 0.943 bits per heavy atom. The summed E-state index contributed by atoms with van der Waals surface area (Å²) in [5, 5.41) is 61.0. The van der Waals surface area contributed by atoms with Gasteiger partial charge in [-0.2, -0.15) is 0 Å². The summed E-state index contributed by atoms with van der Waals surface area (Å²) < 4.78 is 16.9. The molecule has 0 fully saturated rings. The highest BCUT2D eigenvalue weighted by atomic mass is 16.5. The van der Waals surface area contributed by atoms with Crippen LogP contribution in [0.2, 0.25) is 0 Å². The van der Waals surface area contributed by atoms with Gasteiger partial charge in [-0.3, -0.25) is 4.79 Å². The van der Waals surface area contributed by atoms with Crippen molar-refractivity contribution in [2.75, 3.05) is 13.7 Å². The Morgan fingerprint density at radius 2 is 1.69 bits per heavy atom. The number of aromatic hydroxyl groups is 5. The second-order valence-electron chi connectivity index (χ2n) is 8.08. The Labute approximate surface area is 197 Å². The lowest BCUT2D eigenvalue weighted by Gasteiger charge is -2.19. The summed E-state index contributed by atoms with van der Waals surface area (Å²) in [6.07, 6.45) is -0.820. The third-order valence-electron chi connectivity index (χ3n) is 6.07. The van der Waals surface area contributed by atoms with Crippen LogP contribution >= 0.6 is 0 Å². The summed E-state index contributed by atoms with van der Waals surface area (Å²) in [7, 11) is 1.39. The summed E-state index contributed by atoms with van der Waals surface area (Å²) in [5.41, 5.74) is -0.156. The molecule has 4 aromatic rings. The van der Waals surface area contributed by atoms with Crippen molar-refractivity contribution in [1.82, 2.24) is 0 Å². The smallest absolute Gasteiger partial charge is 0.238 e. The number of phenols is 4. The van der Waals surface area contributed by atoms with Crippen molar-refractivity contribution in [1.29, 1.82) is 0 Å².